The summed E-state index contributed by atoms with van der Waals surface area (Å²) < 4.78 is 140. The number of rotatable bonds is 16. The highest BCUT2D eigenvalue weighted by molar-refractivity contribution is 6.08. The van der Waals surface area contributed by atoms with E-state index >= 15 is 0 Å². The molecule has 88 heavy (non-hydrogen) atoms. The van der Waals surface area contributed by atoms with Gasteiger partial charge in [0.25, 0.3) is 17.7 Å². The molecule has 6 N–H and O–H groups in total. The lowest BCUT2D eigenvalue weighted by Crippen LogP contribution is -2.15. The van der Waals surface area contributed by atoms with Gasteiger partial charge in [-0.15, -0.1) is 0 Å². The number of benzene rings is 6. The topological polar surface area (TPSA) is 275 Å². The second-order valence-corrected chi connectivity index (χ2v) is 17.5. The number of carbonyl (C=O) groups is 6. The van der Waals surface area contributed by atoms with Crippen molar-refractivity contribution in [1.82, 2.24) is 15.0 Å². The number of carbonyl (C=O) groups excluding carboxylic acids is 3. The molecule has 0 aliphatic heterocycles. The molecule has 0 bridgehead atoms. The number of alkyl halides is 6. The molecule has 450 valence electrons. The molecular formula is C60H39F9N6O13. The van der Waals surface area contributed by atoms with E-state index in [1.54, 1.807) is 24.3 Å². The molecule has 0 aliphatic carbocycles. The molecule has 0 saturated heterocycles. The number of aromatic carboxylic acids is 3. The number of amides is 3. The second-order valence-electron chi connectivity index (χ2n) is 17.5. The molecule has 0 fully saturated rings. The number of anilines is 3. The third kappa shape index (κ3) is 17.6. The van der Waals surface area contributed by atoms with Gasteiger partial charge >= 0.3 is 30.3 Å². The number of aromatic nitrogens is 3. The van der Waals surface area contributed by atoms with Gasteiger partial charge in [0.2, 0.25) is 0 Å². The summed E-state index contributed by atoms with van der Waals surface area (Å²) in [4.78, 5) is 81.3. The first kappa shape index (κ1) is 63.7. The Morgan fingerprint density at radius 2 is 0.773 bits per heavy atom. The van der Waals surface area contributed by atoms with Crippen molar-refractivity contribution >= 4 is 52.7 Å². The zero-order valence-corrected chi connectivity index (χ0v) is 44.5. The number of ether oxygens (including phenoxy) is 4. The van der Waals surface area contributed by atoms with E-state index in [0.717, 1.165) is 73.1 Å². The smallest absolute Gasteiger partial charge is 0.416 e. The molecule has 3 aromatic heterocycles. The van der Waals surface area contributed by atoms with Crippen molar-refractivity contribution in [1.29, 1.82) is 0 Å². The summed E-state index contributed by atoms with van der Waals surface area (Å²) in [6, 6.07) is 31.9. The number of methoxy groups -OCH3 is 1. The first-order valence-corrected chi connectivity index (χ1v) is 24.7. The summed E-state index contributed by atoms with van der Waals surface area (Å²) in [5, 5.41) is 33.9. The van der Waals surface area contributed by atoms with Gasteiger partial charge < -0.3 is 50.2 Å². The van der Waals surface area contributed by atoms with Gasteiger partial charge in [-0.25, -0.2) is 42.5 Å². The minimum Gasteiger partial charge on any atom is -0.493 e. The summed E-state index contributed by atoms with van der Waals surface area (Å²) in [6.45, 7) is 0. The molecule has 28 heteroatoms. The summed E-state index contributed by atoms with van der Waals surface area (Å²) in [7, 11) is 1.25. The quantitative estimate of drug-likeness (QED) is 0.0491. The fourth-order valence-electron chi connectivity index (χ4n) is 7.17. The Labute approximate surface area is 489 Å². The van der Waals surface area contributed by atoms with Crippen LogP contribution in [0.2, 0.25) is 0 Å². The maximum absolute atomic E-state index is 13.4. The van der Waals surface area contributed by atoms with Crippen molar-refractivity contribution in [3.8, 4) is 40.2 Å². The first-order chi connectivity index (χ1) is 41.7. The molecule has 0 saturated carbocycles. The van der Waals surface area contributed by atoms with Crippen molar-refractivity contribution in [3.63, 3.8) is 0 Å². The van der Waals surface area contributed by atoms with E-state index in [1.165, 1.54) is 80.0 Å². The molecule has 0 radical (unpaired) electrons. The van der Waals surface area contributed by atoms with Crippen LogP contribution >= 0.6 is 0 Å². The van der Waals surface area contributed by atoms with Crippen molar-refractivity contribution in [2.75, 3.05) is 23.1 Å². The Kier molecular flexibility index (Phi) is 20.4. The maximum atomic E-state index is 13.4. The highest BCUT2D eigenvalue weighted by atomic mass is 19.4. The van der Waals surface area contributed by atoms with Gasteiger partial charge in [0.05, 0.1) is 70.6 Å². The van der Waals surface area contributed by atoms with Crippen molar-refractivity contribution < 1.29 is 103 Å². The monoisotopic (exact) mass is 1220 g/mol. The summed E-state index contributed by atoms with van der Waals surface area (Å²) in [5.41, 5.74) is -2.72. The number of hydrogen-bond donors (Lipinski definition) is 6. The van der Waals surface area contributed by atoms with E-state index in [1.807, 2.05) is 0 Å². The number of nitrogens with zero attached hydrogens (tertiary/aromatic N) is 3. The zero-order valence-electron chi connectivity index (χ0n) is 44.5. The van der Waals surface area contributed by atoms with E-state index in [0.29, 0.717) is 29.3 Å². The van der Waals surface area contributed by atoms with Crippen LogP contribution in [0.3, 0.4) is 0 Å². The fourth-order valence-corrected chi connectivity index (χ4v) is 7.17. The average Bonchev–Trinajstić information content (AvgIpc) is 1.98. The fraction of sp³-hybridized carbons (Fsp3) is 0.0500. The Morgan fingerprint density at radius 1 is 0.386 bits per heavy atom. The highest BCUT2D eigenvalue weighted by Gasteiger charge is 2.34. The lowest BCUT2D eigenvalue weighted by Gasteiger charge is -2.16. The molecule has 6 aromatic carbocycles. The van der Waals surface area contributed by atoms with Gasteiger partial charge in [0.15, 0.2) is 11.5 Å². The summed E-state index contributed by atoms with van der Waals surface area (Å²) in [6.07, 6.45) is -6.02. The summed E-state index contributed by atoms with van der Waals surface area (Å²) >= 11 is 0. The number of halogens is 9. The van der Waals surface area contributed by atoms with Gasteiger partial charge in [-0.1, -0.05) is 12.1 Å². The molecule has 0 unspecified atom stereocenters. The normalized spacial score (nSPS) is 10.8. The van der Waals surface area contributed by atoms with Crippen molar-refractivity contribution in [2.24, 2.45) is 0 Å². The van der Waals surface area contributed by atoms with E-state index in [9.17, 15) is 68.3 Å². The molecule has 9 rings (SSSR count). The predicted octanol–water partition coefficient (Wildman–Crippen LogP) is 13.9. The van der Waals surface area contributed by atoms with Gasteiger partial charge in [0.1, 0.15) is 63.3 Å². The minimum atomic E-state index is -4.73. The number of carboxylic acid groups (broad SMARTS) is 3. The van der Waals surface area contributed by atoms with Crippen LogP contribution in [0, 0.1) is 17.5 Å². The zero-order chi connectivity index (χ0) is 63.9. The average molecular weight is 1220 g/mol. The number of carboxylic acids is 3. The Balaban J connectivity index is 0.000000189. The SMILES string of the molecule is COc1cc(F)ccc1Oc1ccc(C(F)(F)F)cc1C(=O)Nc1ccc(C(=O)O)nc1.O=C(O)c1ccc(NC(=O)c2ccc(C(F)(F)F)cc2Oc2ccc(F)cc2)cn1.O=C(O)c1ccc(NC(=O)c2ccccc2Oc2ccc(F)cc2)cn1. The van der Waals surface area contributed by atoms with Gasteiger partial charge in [0, 0.05) is 6.07 Å². The Bertz CT molecular complexity index is 4010. The van der Waals surface area contributed by atoms with E-state index in [-0.39, 0.29) is 68.4 Å². The van der Waals surface area contributed by atoms with Crippen LogP contribution in [-0.4, -0.2) is 73.0 Å². The van der Waals surface area contributed by atoms with Crippen LogP contribution in [0.5, 0.6) is 40.2 Å². The van der Waals surface area contributed by atoms with Crippen LogP contribution in [0.1, 0.15) is 73.7 Å². The van der Waals surface area contributed by atoms with Gasteiger partial charge in [-0.3, -0.25) is 14.4 Å². The molecule has 0 spiro atoms. The maximum Gasteiger partial charge on any atom is 0.416 e. The van der Waals surface area contributed by atoms with E-state index in [4.69, 9.17) is 34.3 Å². The Hall–Kier alpha value is -11.8. The number of nitrogens with one attached hydrogen (secondary N) is 3. The van der Waals surface area contributed by atoms with E-state index < -0.39 is 82.1 Å². The Morgan fingerprint density at radius 3 is 1.20 bits per heavy atom. The lowest BCUT2D eigenvalue weighted by molar-refractivity contribution is -0.138. The predicted molar refractivity (Wildman–Crippen MR) is 293 cm³/mol. The lowest BCUT2D eigenvalue weighted by atomic mass is 10.1. The van der Waals surface area contributed by atoms with Crippen LogP contribution in [-0.2, 0) is 12.4 Å². The molecule has 3 amide bonds. The van der Waals surface area contributed by atoms with Gasteiger partial charge in [-0.05, 0) is 146 Å². The number of pyridine rings is 3. The van der Waals surface area contributed by atoms with Crippen molar-refractivity contribution in [3.05, 3.63) is 245 Å². The number of para-hydroxylation sites is 1. The second kappa shape index (κ2) is 28.2. The molecule has 9 aromatic rings. The molecular weight excluding hydrogens is 1180 g/mol. The van der Waals surface area contributed by atoms with Crippen LogP contribution < -0.4 is 34.9 Å². The third-order valence-electron chi connectivity index (χ3n) is 11.4. The third-order valence-corrected chi connectivity index (χ3v) is 11.4. The van der Waals surface area contributed by atoms with Crippen molar-refractivity contribution in [2.45, 2.75) is 12.4 Å². The van der Waals surface area contributed by atoms with Crippen LogP contribution in [0.15, 0.2) is 182 Å². The highest BCUT2D eigenvalue weighted by Crippen LogP contribution is 2.39. The minimum absolute atomic E-state index is 0.0252. The first-order valence-electron chi connectivity index (χ1n) is 24.7. The molecule has 0 aliphatic rings. The van der Waals surface area contributed by atoms with Crippen LogP contribution in [0.4, 0.5) is 56.6 Å². The largest absolute Gasteiger partial charge is 0.493 e. The van der Waals surface area contributed by atoms with E-state index in [2.05, 4.69) is 30.9 Å². The molecule has 0 atom stereocenters. The van der Waals surface area contributed by atoms with Crippen LogP contribution in [0.25, 0.3) is 0 Å². The molecule has 3 heterocycles. The van der Waals surface area contributed by atoms with Gasteiger partial charge in [-0.2, -0.15) is 26.3 Å². The number of hydrogen-bond acceptors (Lipinski definition) is 13. The summed E-state index contributed by atoms with van der Waals surface area (Å²) in [5.74, 6) is -7.53. The standard InChI is InChI=1S/C21H14F4N2O5.C20H12F4N2O4.C19H13FN2O4/c1-31-18-9-12(22)3-7-17(18)32-16-6-2-11(21(23,24)25)8-14(16)19(28)27-13-4-5-15(20(29)30)26-10-13;21-12-2-5-14(6-3-12)30-17-9-11(20(22,23)24)1-7-15(17)18(27)26-13-4-8-16(19(28)29)25-10-13;20-12-5-8-14(9-6-12)26-17-4-2-1-3-15(17)18(23)22-13-7-10-16(19(24)25)21-11-13/h2-10H,1H3,(H,27,28)(H,29,30);1-10H,(H,26,27)(H,28,29);1-11H,(H,22,23)(H,24,25). The molecule has 19 nitrogen and oxygen atoms in total.